The van der Waals surface area contributed by atoms with E-state index in [1.54, 1.807) is 11.3 Å². The quantitative estimate of drug-likeness (QED) is 0.172. The summed E-state index contributed by atoms with van der Waals surface area (Å²) in [7, 11) is 0. The molecule has 0 spiro atoms. The second-order valence-corrected chi connectivity index (χ2v) is 14.6. The minimum atomic E-state index is 0.820. The third kappa shape index (κ3) is 5.01. The molecule has 0 unspecified atom stereocenters. The molecule has 0 radical (unpaired) electrons. The van der Waals surface area contributed by atoms with E-state index in [-0.39, 0.29) is 0 Å². The Morgan fingerprint density at radius 3 is 1.89 bits per heavy atom. The molecule has 54 heavy (non-hydrogen) atoms. The van der Waals surface area contributed by atoms with Gasteiger partial charge in [-0.25, -0.2) is 4.98 Å². The van der Waals surface area contributed by atoms with E-state index in [4.69, 9.17) is 13.8 Å². The first-order valence-corrected chi connectivity index (χ1v) is 18.8. The molecule has 0 fully saturated rings. The summed E-state index contributed by atoms with van der Waals surface area (Å²) >= 11 is 1.71. The van der Waals surface area contributed by atoms with Gasteiger partial charge >= 0.3 is 0 Å². The van der Waals surface area contributed by atoms with Crippen molar-refractivity contribution in [2.75, 3.05) is 4.90 Å². The van der Waals surface area contributed by atoms with Crippen LogP contribution in [-0.4, -0.2) is 4.98 Å². The van der Waals surface area contributed by atoms with E-state index in [0.717, 1.165) is 92.9 Å². The van der Waals surface area contributed by atoms with Gasteiger partial charge in [0, 0.05) is 44.9 Å². The monoisotopic (exact) mass is 710 g/mol. The second kappa shape index (κ2) is 12.3. The maximum absolute atomic E-state index is 6.62. The first kappa shape index (κ1) is 30.7. The van der Waals surface area contributed by atoms with Crippen LogP contribution < -0.4 is 4.90 Å². The Kier molecular flexibility index (Phi) is 7.00. The summed E-state index contributed by atoms with van der Waals surface area (Å²) in [5.74, 6) is 0. The van der Waals surface area contributed by atoms with Gasteiger partial charge in [-0.15, -0.1) is 11.3 Å². The van der Waals surface area contributed by atoms with E-state index in [9.17, 15) is 0 Å². The van der Waals surface area contributed by atoms with E-state index in [2.05, 4.69) is 163 Å². The molecule has 8 aromatic carbocycles. The Labute approximate surface area is 314 Å². The minimum Gasteiger partial charge on any atom is -0.456 e. The molecule has 3 heterocycles. The van der Waals surface area contributed by atoms with Gasteiger partial charge in [0.2, 0.25) is 0 Å². The van der Waals surface area contributed by atoms with Gasteiger partial charge in [0.1, 0.15) is 27.3 Å². The lowest BCUT2D eigenvalue weighted by molar-refractivity contribution is 0.668. The average Bonchev–Trinajstić information content (AvgIpc) is 3.95. The van der Waals surface area contributed by atoms with Gasteiger partial charge in [-0.3, -0.25) is 0 Å². The maximum atomic E-state index is 6.62. The molecule has 0 aliphatic carbocycles. The van der Waals surface area contributed by atoms with Crippen LogP contribution in [0.1, 0.15) is 0 Å². The third-order valence-electron chi connectivity index (χ3n) is 10.3. The number of benzene rings is 8. The molecule has 254 valence electrons. The Morgan fingerprint density at radius 1 is 0.407 bits per heavy atom. The molecule has 0 saturated heterocycles. The van der Waals surface area contributed by atoms with Crippen LogP contribution in [0.15, 0.2) is 191 Å². The number of aromatic nitrogens is 1. The van der Waals surface area contributed by atoms with Crippen molar-refractivity contribution in [3.8, 4) is 32.8 Å². The molecule has 11 aromatic rings. The highest BCUT2D eigenvalue weighted by atomic mass is 32.1. The van der Waals surface area contributed by atoms with Gasteiger partial charge < -0.3 is 13.7 Å². The van der Waals surface area contributed by atoms with Crippen LogP contribution in [0.3, 0.4) is 0 Å². The number of thiazole rings is 1. The van der Waals surface area contributed by atoms with Crippen LogP contribution in [-0.2, 0) is 0 Å². The molecule has 0 amide bonds. The molecule has 11 rings (SSSR count). The lowest BCUT2D eigenvalue weighted by Crippen LogP contribution is -2.10. The first-order valence-electron chi connectivity index (χ1n) is 18.0. The molecule has 5 heteroatoms. The highest BCUT2D eigenvalue weighted by Crippen LogP contribution is 2.44. The van der Waals surface area contributed by atoms with E-state index < -0.39 is 0 Å². The standard InChI is InChI=1S/C49H30N2O2S/c1-3-11-31(12-4-1)32-21-23-35(24-22-32)51(36-16-9-15-34(29-36)38-18-10-20-42-46(38)39-17-7-8-19-41(39)52-42)37-25-26-40-44(30-37)53-43-27-28-45-48(47(40)43)50-49(54-45)33-13-5-2-6-14-33/h1-30H. The van der Waals surface area contributed by atoms with Crippen LogP contribution in [0, 0.1) is 0 Å². The predicted octanol–water partition coefficient (Wildman–Crippen LogP) is 14.6. The summed E-state index contributed by atoms with van der Waals surface area (Å²) in [6.45, 7) is 0. The van der Waals surface area contributed by atoms with Gasteiger partial charge in [0.05, 0.1) is 15.6 Å². The van der Waals surface area contributed by atoms with Crippen LogP contribution in [0.5, 0.6) is 0 Å². The largest absolute Gasteiger partial charge is 0.456 e. The summed E-state index contributed by atoms with van der Waals surface area (Å²) in [6.07, 6.45) is 0. The Bertz CT molecular complexity index is 3160. The van der Waals surface area contributed by atoms with Gasteiger partial charge in [0.25, 0.3) is 0 Å². The fraction of sp³-hybridized carbons (Fsp3) is 0. The fourth-order valence-corrected chi connectivity index (χ4v) is 8.77. The Balaban J connectivity index is 1.07. The summed E-state index contributed by atoms with van der Waals surface area (Å²) in [6, 6.07) is 63.8. The van der Waals surface area contributed by atoms with Crippen molar-refractivity contribution >= 4 is 82.5 Å². The number of para-hydroxylation sites is 1. The molecule has 3 aromatic heterocycles. The number of hydrogen-bond acceptors (Lipinski definition) is 5. The van der Waals surface area contributed by atoms with E-state index >= 15 is 0 Å². The molecular weight excluding hydrogens is 681 g/mol. The second-order valence-electron chi connectivity index (χ2n) is 13.5. The first-order chi connectivity index (χ1) is 26.7. The molecule has 0 aliphatic rings. The van der Waals surface area contributed by atoms with E-state index in [1.165, 1.54) is 11.1 Å². The highest BCUT2D eigenvalue weighted by Gasteiger charge is 2.20. The van der Waals surface area contributed by atoms with Crippen molar-refractivity contribution in [2.24, 2.45) is 0 Å². The lowest BCUT2D eigenvalue weighted by atomic mass is 9.98. The number of fused-ring (bicyclic) bond motifs is 8. The summed E-state index contributed by atoms with van der Waals surface area (Å²) < 4.78 is 14.0. The summed E-state index contributed by atoms with van der Waals surface area (Å²) in [4.78, 5) is 7.45. The van der Waals surface area contributed by atoms with Crippen LogP contribution in [0.25, 0.3) is 86.9 Å². The van der Waals surface area contributed by atoms with Crippen LogP contribution in [0.4, 0.5) is 17.1 Å². The number of furan rings is 2. The van der Waals surface area contributed by atoms with Gasteiger partial charge in [0.15, 0.2) is 0 Å². The van der Waals surface area contributed by atoms with Crippen molar-refractivity contribution in [1.82, 2.24) is 4.98 Å². The van der Waals surface area contributed by atoms with Gasteiger partial charge in [-0.2, -0.15) is 0 Å². The van der Waals surface area contributed by atoms with Crippen LogP contribution in [0.2, 0.25) is 0 Å². The third-order valence-corrected chi connectivity index (χ3v) is 11.4. The molecule has 0 bridgehead atoms. The molecule has 0 N–H and O–H groups in total. The van der Waals surface area contributed by atoms with Gasteiger partial charge in [-0.1, -0.05) is 115 Å². The Morgan fingerprint density at radius 2 is 1.04 bits per heavy atom. The fourth-order valence-electron chi connectivity index (χ4n) is 7.79. The van der Waals surface area contributed by atoms with Crippen LogP contribution >= 0.6 is 11.3 Å². The molecule has 0 saturated carbocycles. The average molecular weight is 711 g/mol. The smallest absolute Gasteiger partial charge is 0.137 e. The highest BCUT2D eigenvalue weighted by molar-refractivity contribution is 7.21. The number of anilines is 3. The molecule has 0 aliphatic heterocycles. The maximum Gasteiger partial charge on any atom is 0.137 e. The molecule has 4 nitrogen and oxygen atoms in total. The topological polar surface area (TPSA) is 42.4 Å². The molecular formula is C49H30N2O2S. The van der Waals surface area contributed by atoms with E-state index in [0.29, 0.717) is 0 Å². The Hall–Kier alpha value is -6.95. The van der Waals surface area contributed by atoms with Crippen molar-refractivity contribution in [2.45, 2.75) is 0 Å². The van der Waals surface area contributed by atoms with Crippen molar-refractivity contribution < 1.29 is 8.83 Å². The summed E-state index contributed by atoms with van der Waals surface area (Å²) in [5, 5.41) is 5.34. The SMILES string of the molecule is c1ccc(-c2ccc(N(c3cccc(-c4cccc5oc6ccccc6c45)c3)c3ccc4c(c3)oc3ccc5sc(-c6ccccc6)nc5c34)cc2)cc1. The number of hydrogen-bond donors (Lipinski definition) is 0. The zero-order valence-electron chi connectivity index (χ0n) is 28.9. The normalized spacial score (nSPS) is 11.7. The number of rotatable bonds is 6. The predicted molar refractivity (Wildman–Crippen MR) is 225 cm³/mol. The minimum absolute atomic E-state index is 0.820. The lowest BCUT2D eigenvalue weighted by Gasteiger charge is -2.26. The van der Waals surface area contributed by atoms with Gasteiger partial charge in [-0.05, 0) is 82.9 Å². The van der Waals surface area contributed by atoms with Crippen molar-refractivity contribution in [3.05, 3.63) is 182 Å². The van der Waals surface area contributed by atoms with Crippen molar-refractivity contribution in [1.29, 1.82) is 0 Å². The summed E-state index contributed by atoms with van der Waals surface area (Å²) in [5.41, 5.74) is 13.2. The van der Waals surface area contributed by atoms with E-state index in [1.807, 2.05) is 24.3 Å². The van der Waals surface area contributed by atoms with Crippen molar-refractivity contribution in [3.63, 3.8) is 0 Å². The zero-order chi connectivity index (χ0) is 35.6. The zero-order valence-corrected chi connectivity index (χ0v) is 29.8. The number of nitrogens with zero attached hydrogens (tertiary/aromatic N) is 2. The molecule has 0 atom stereocenters.